The van der Waals surface area contributed by atoms with Crippen LogP contribution in [0.3, 0.4) is 0 Å². The SMILES string of the molecule is Cc1ccc(Cc2cnc(NC(=O)CSc3nnc(-c4ccc(C(C)(C)C)cc4)n3-c3ccccc3)s2)cc1Cl. The van der Waals surface area contributed by atoms with Crippen molar-refractivity contribution in [3.63, 3.8) is 0 Å². The minimum atomic E-state index is -0.150. The van der Waals surface area contributed by atoms with Crippen LogP contribution in [0, 0.1) is 6.92 Å². The van der Waals surface area contributed by atoms with Gasteiger partial charge in [0.1, 0.15) is 0 Å². The first kappa shape index (κ1) is 28.1. The average Bonchev–Trinajstić information content (AvgIpc) is 3.56. The summed E-state index contributed by atoms with van der Waals surface area (Å²) < 4.78 is 2.00. The zero-order valence-electron chi connectivity index (χ0n) is 22.8. The molecule has 5 aromatic rings. The number of hydrogen-bond donors (Lipinski definition) is 1. The van der Waals surface area contributed by atoms with Crippen LogP contribution in [-0.4, -0.2) is 31.4 Å². The maximum absolute atomic E-state index is 12.9. The molecule has 2 aromatic heterocycles. The summed E-state index contributed by atoms with van der Waals surface area (Å²) in [6.45, 7) is 8.57. The van der Waals surface area contributed by atoms with Crippen LogP contribution < -0.4 is 5.32 Å². The maximum Gasteiger partial charge on any atom is 0.236 e. The van der Waals surface area contributed by atoms with Gasteiger partial charge in [0, 0.05) is 33.8 Å². The van der Waals surface area contributed by atoms with Gasteiger partial charge in [-0.15, -0.1) is 21.5 Å². The predicted molar refractivity (Wildman–Crippen MR) is 166 cm³/mol. The Morgan fingerprint density at radius 3 is 2.48 bits per heavy atom. The minimum absolute atomic E-state index is 0.0621. The van der Waals surface area contributed by atoms with E-state index in [1.165, 1.54) is 28.7 Å². The van der Waals surface area contributed by atoms with Gasteiger partial charge in [0.25, 0.3) is 0 Å². The molecule has 0 unspecified atom stereocenters. The fourth-order valence-corrected chi connectivity index (χ4v) is 5.98. The molecule has 3 aromatic carbocycles. The van der Waals surface area contributed by atoms with E-state index in [0.717, 1.165) is 38.1 Å². The van der Waals surface area contributed by atoms with Crippen LogP contribution in [0.1, 0.15) is 42.3 Å². The Morgan fingerprint density at radius 1 is 1.02 bits per heavy atom. The molecular weight excluding hydrogens is 558 g/mol. The van der Waals surface area contributed by atoms with Crippen molar-refractivity contribution in [2.75, 3.05) is 11.1 Å². The lowest BCUT2D eigenvalue weighted by Crippen LogP contribution is -2.14. The second-order valence-corrected chi connectivity index (χ2v) is 13.0. The monoisotopic (exact) mass is 587 g/mol. The molecule has 1 N–H and O–H groups in total. The topological polar surface area (TPSA) is 72.7 Å². The molecule has 0 atom stereocenters. The van der Waals surface area contributed by atoms with Gasteiger partial charge in [0.2, 0.25) is 5.91 Å². The van der Waals surface area contributed by atoms with E-state index in [2.05, 4.69) is 71.6 Å². The van der Waals surface area contributed by atoms with Crippen molar-refractivity contribution in [1.82, 2.24) is 19.7 Å². The van der Waals surface area contributed by atoms with E-state index in [1.807, 2.05) is 54.0 Å². The van der Waals surface area contributed by atoms with Gasteiger partial charge in [-0.1, -0.05) is 98.7 Å². The quantitative estimate of drug-likeness (QED) is 0.186. The molecule has 0 spiro atoms. The molecule has 0 saturated heterocycles. The van der Waals surface area contributed by atoms with Gasteiger partial charge < -0.3 is 5.32 Å². The molecule has 6 nitrogen and oxygen atoms in total. The molecule has 0 fully saturated rings. The van der Waals surface area contributed by atoms with E-state index in [-0.39, 0.29) is 17.1 Å². The van der Waals surface area contributed by atoms with Crippen molar-refractivity contribution >= 4 is 45.7 Å². The molecule has 0 aliphatic heterocycles. The smallest absolute Gasteiger partial charge is 0.236 e. The highest BCUT2D eigenvalue weighted by Crippen LogP contribution is 2.30. The summed E-state index contributed by atoms with van der Waals surface area (Å²) in [6.07, 6.45) is 2.51. The van der Waals surface area contributed by atoms with Gasteiger partial charge >= 0.3 is 0 Å². The Bertz CT molecular complexity index is 1620. The number of thiazole rings is 1. The van der Waals surface area contributed by atoms with Crippen molar-refractivity contribution in [3.8, 4) is 17.1 Å². The van der Waals surface area contributed by atoms with Crippen molar-refractivity contribution in [2.45, 2.75) is 44.7 Å². The molecular formula is C31H30ClN5OS2. The zero-order chi connectivity index (χ0) is 28.3. The van der Waals surface area contributed by atoms with Crippen LogP contribution in [0.4, 0.5) is 5.13 Å². The largest absolute Gasteiger partial charge is 0.301 e. The van der Waals surface area contributed by atoms with Crippen LogP contribution in [0.15, 0.2) is 84.1 Å². The number of carbonyl (C=O) groups is 1. The number of rotatable bonds is 8. The summed E-state index contributed by atoms with van der Waals surface area (Å²) in [5.41, 5.74) is 5.37. The van der Waals surface area contributed by atoms with E-state index >= 15 is 0 Å². The summed E-state index contributed by atoms with van der Waals surface area (Å²) in [7, 11) is 0. The molecule has 1 amide bonds. The fraction of sp³-hybridized carbons (Fsp3) is 0.226. The number of carbonyl (C=O) groups excluding carboxylic acids is 1. The molecule has 0 saturated carbocycles. The maximum atomic E-state index is 12.9. The Balaban J connectivity index is 1.29. The molecule has 0 radical (unpaired) electrons. The summed E-state index contributed by atoms with van der Waals surface area (Å²) in [5.74, 6) is 0.759. The third kappa shape index (κ3) is 6.63. The minimum Gasteiger partial charge on any atom is -0.301 e. The second kappa shape index (κ2) is 12.0. The number of thioether (sulfide) groups is 1. The van der Waals surface area contributed by atoms with Crippen molar-refractivity contribution < 1.29 is 4.79 Å². The van der Waals surface area contributed by atoms with E-state index in [1.54, 1.807) is 6.20 Å². The van der Waals surface area contributed by atoms with Crippen molar-refractivity contribution in [2.24, 2.45) is 0 Å². The standard InChI is InChI=1S/C31H30ClN5OS2/c1-20-10-11-21(17-26(20)32)16-25-18-33-29(40-25)34-27(38)19-39-30-36-35-28(37(30)24-8-6-5-7-9-24)22-12-14-23(15-13-22)31(2,3)4/h5-15,17-18H,16,19H2,1-4H3,(H,33,34,38). The van der Waals surface area contributed by atoms with Crippen LogP contribution in [0.2, 0.25) is 5.02 Å². The molecule has 0 aliphatic carbocycles. The Kier molecular flexibility index (Phi) is 8.40. The predicted octanol–water partition coefficient (Wildman–Crippen LogP) is 7.97. The fourth-order valence-electron chi connectivity index (χ4n) is 4.16. The highest BCUT2D eigenvalue weighted by Gasteiger charge is 2.19. The number of amides is 1. The first-order valence-electron chi connectivity index (χ1n) is 12.9. The van der Waals surface area contributed by atoms with Gasteiger partial charge in [-0.3, -0.25) is 9.36 Å². The van der Waals surface area contributed by atoms with E-state index in [4.69, 9.17) is 11.6 Å². The van der Waals surface area contributed by atoms with Crippen molar-refractivity contribution in [3.05, 3.63) is 106 Å². The van der Waals surface area contributed by atoms with E-state index < -0.39 is 0 Å². The van der Waals surface area contributed by atoms with Gasteiger partial charge in [-0.25, -0.2) is 4.98 Å². The molecule has 0 aliphatic rings. The van der Waals surface area contributed by atoms with Crippen LogP contribution in [-0.2, 0) is 16.6 Å². The first-order valence-corrected chi connectivity index (χ1v) is 15.1. The summed E-state index contributed by atoms with van der Waals surface area (Å²) in [4.78, 5) is 18.3. The third-order valence-corrected chi connectivity index (χ3v) is 8.65. The number of hydrogen-bond acceptors (Lipinski definition) is 6. The Hall–Kier alpha value is -3.46. The Morgan fingerprint density at radius 2 is 1.77 bits per heavy atom. The van der Waals surface area contributed by atoms with E-state index in [0.29, 0.717) is 16.7 Å². The number of benzene rings is 3. The Labute approximate surface area is 247 Å². The molecule has 204 valence electrons. The van der Waals surface area contributed by atoms with Gasteiger partial charge in [0.05, 0.1) is 5.75 Å². The highest BCUT2D eigenvalue weighted by molar-refractivity contribution is 7.99. The van der Waals surface area contributed by atoms with E-state index in [9.17, 15) is 4.79 Å². The molecule has 40 heavy (non-hydrogen) atoms. The van der Waals surface area contributed by atoms with Gasteiger partial charge in [-0.05, 0) is 47.2 Å². The zero-order valence-corrected chi connectivity index (χ0v) is 25.2. The number of aryl methyl sites for hydroxylation is 1. The number of nitrogens with one attached hydrogen (secondary N) is 1. The summed E-state index contributed by atoms with van der Waals surface area (Å²) in [5, 5.41) is 13.9. The number of anilines is 1. The molecule has 2 heterocycles. The van der Waals surface area contributed by atoms with Crippen LogP contribution >= 0.6 is 34.7 Å². The number of para-hydroxylation sites is 1. The number of nitrogens with zero attached hydrogens (tertiary/aromatic N) is 4. The first-order chi connectivity index (χ1) is 19.2. The normalized spacial score (nSPS) is 11.5. The molecule has 9 heteroatoms. The van der Waals surface area contributed by atoms with Gasteiger partial charge in [0.15, 0.2) is 16.1 Å². The lowest BCUT2D eigenvalue weighted by molar-refractivity contribution is -0.113. The molecule has 0 bridgehead atoms. The second-order valence-electron chi connectivity index (χ2n) is 10.5. The van der Waals surface area contributed by atoms with Crippen LogP contribution in [0.25, 0.3) is 17.1 Å². The highest BCUT2D eigenvalue weighted by atomic mass is 35.5. The number of halogens is 1. The lowest BCUT2D eigenvalue weighted by Gasteiger charge is -2.19. The van der Waals surface area contributed by atoms with Crippen LogP contribution in [0.5, 0.6) is 0 Å². The lowest BCUT2D eigenvalue weighted by atomic mass is 9.87. The summed E-state index contributed by atoms with van der Waals surface area (Å²) >= 11 is 9.07. The average molecular weight is 588 g/mol. The number of aromatic nitrogens is 4. The molecule has 5 rings (SSSR count). The third-order valence-electron chi connectivity index (χ3n) is 6.40. The van der Waals surface area contributed by atoms with Gasteiger partial charge in [-0.2, -0.15) is 0 Å². The summed E-state index contributed by atoms with van der Waals surface area (Å²) in [6, 6.07) is 24.4. The van der Waals surface area contributed by atoms with Crippen molar-refractivity contribution in [1.29, 1.82) is 0 Å².